The maximum Gasteiger partial charge on any atom is 0.328 e. The van der Waals surface area contributed by atoms with E-state index in [1.807, 2.05) is 23.5 Å². The molecule has 6 nitrogen and oxygen atoms in total. The van der Waals surface area contributed by atoms with Gasteiger partial charge < -0.3 is 21.7 Å². The molecule has 0 heterocycles. The van der Waals surface area contributed by atoms with Crippen LogP contribution in [0.4, 0.5) is 0 Å². The second-order valence-electron chi connectivity index (χ2n) is 8.43. The highest BCUT2D eigenvalue weighted by atomic mass is 32.2. The Kier molecular flexibility index (Phi) is 23.2. The van der Waals surface area contributed by atoms with E-state index in [1.54, 1.807) is 0 Å². The molecule has 0 aromatic carbocycles. The molecule has 10 heteroatoms. The molecule has 0 amide bonds. The third-order valence-electron chi connectivity index (χ3n) is 2.89. The van der Waals surface area contributed by atoms with Crippen molar-refractivity contribution in [2.24, 2.45) is 11.5 Å². The zero-order valence-electron chi connectivity index (χ0n) is 18.5. The number of carbonyl (C=O) groups is 2. The van der Waals surface area contributed by atoms with Crippen molar-refractivity contribution in [1.29, 1.82) is 0 Å². The summed E-state index contributed by atoms with van der Waals surface area (Å²) in [7, 11) is -1.54. The predicted molar refractivity (Wildman–Crippen MR) is 133 cm³/mol. The van der Waals surface area contributed by atoms with Crippen molar-refractivity contribution in [3.8, 4) is 0 Å². The zero-order valence-corrected chi connectivity index (χ0v) is 22.1. The van der Waals surface area contributed by atoms with Crippen LogP contribution in [0.25, 0.3) is 0 Å². The molecular formula is C18H42N2O4S2Si2. The minimum absolute atomic E-state index is 0.558. The van der Waals surface area contributed by atoms with Crippen molar-refractivity contribution in [1.82, 2.24) is 0 Å². The third kappa shape index (κ3) is 44.9. The minimum atomic E-state index is -1.26. The zero-order chi connectivity index (χ0) is 22.6. The van der Waals surface area contributed by atoms with Gasteiger partial charge in [-0.1, -0.05) is 39.3 Å². The smallest absolute Gasteiger partial charge is 0.328 e. The van der Waals surface area contributed by atoms with Crippen LogP contribution in [-0.2, 0) is 9.59 Å². The summed E-state index contributed by atoms with van der Waals surface area (Å²) in [4.78, 5) is 19.1. The molecule has 6 N–H and O–H groups in total. The fourth-order valence-corrected chi connectivity index (χ4v) is 8.07. The quantitative estimate of drug-likeness (QED) is 0.193. The van der Waals surface area contributed by atoms with E-state index in [9.17, 15) is 9.59 Å². The summed E-state index contributed by atoms with van der Waals surface area (Å²) in [5.41, 5.74) is 10.7. The molecule has 168 valence electrons. The maximum atomic E-state index is 9.55. The van der Waals surface area contributed by atoms with Crippen LogP contribution in [-0.4, -0.2) is 74.4 Å². The van der Waals surface area contributed by atoms with Gasteiger partial charge >= 0.3 is 11.9 Å². The van der Waals surface area contributed by atoms with E-state index in [0.717, 1.165) is 24.6 Å². The minimum Gasteiger partial charge on any atom is -0.478 e. The number of nitrogens with two attached hydrogens (primary N) is 2. The van der Waals surface area contributed by atoms with E-state index in [-0.39, 0.29) is 0 Å². The number of thioether (sulfide) groups is 2. The summed E-state index contributed by atoms with van der Waals surface area (Å²) >= 11 is 3.98. The first-order chi connectivity index (χ1) is 12.7. The van der Waals surface area contributed by atoms with Crippen LogP contribution in [0.1, 0.15) is 0 Å². The Morgan fingerprint density at radius 1 is 0.714 bits per heavy atom. The van der Waals surface area contributed by atoms with Crippen molar-refractivity contribution in [2.75, 3.05) is 36.1 Å². The van der Waals surface area contributed by atoms with Crippen molar-refractivity contribution in [3.63, 3.8) is 0 Å². The monoisotopic (exact) mass is 470 g/mol. The Morgan fingerprint density at radius 2 is 1.00 bits per heavy atom. The van der Waals surface area contributed by atoms with Crippen LogP contribution >= 0.6 is 23.5 Å². The molecule has 0 aromatic heterocycles. The van der Waals surface area contributed by atoms with Gasteiger partial charge in [0.05, 0.1) is 0 Å². The Balaban J connectivity index is -0.000000337. The van der Waals surface area contributed by atoms with E-state index < -0.39 is 28.1 Å². The second kappa shape index (κ2) is 20.0. The molecule has 0 unspecified atom stereocenters. The fourth-order valence-electron chi connectivity index (χ4n) is 1.27. The molecule has 0 aromatic rings. The molecule has 0 atom stereocenters. The van der Waals surface area contributed by atoms with E-state index in [0.29, 0.717) is 12.2 Å². The van der Waals surface area contributed by atoms with E-state index >= 15 is 0 Å². The molecule has 0 aliphatic carbocycles. The highest BCUT2D eigenvalue weighted by Crippen LogP contribution is 2.13. The van der Waals surface area contributed by atoms with Gasteiger partial charge in [-0.05, 0) is 23.6 Å². The topological polar surface area (TPSA) is 127 Å². The third-order valence-corrected chi connectivity index (χ3v) is 9.14. The largest absolute Gasteiger partial charge is 0.478 e. The van der Waals surface area contributed by atoms with E-state index in [1.165, 1.54) is 23.6 Å². The number of hydrogen-bond acceptors (Lipinski definition) is 6. The first kappa shape index (κ1) is 32.4. The SMILES string of the molecule is C[Si](C)(C)CCSCCN.C[Si](C)(C)CCSCCN.O=C(O)C=CC(=O)O. The highest BCUT2D eigenvalue weighted by molar-refractivity contribution is 7.99. The second-order valence-corrected chi connectivity index (χ2v) is 22.1. The fraction of sp³-hybridized carbons (Fsp3) is 0.778. The number of carboxylic acid groups (broad SMARTS) is 2. The average Bonchev–Trinajstić information content (AvgIpc) is 2.53. The van der Waals surface area contributed by atoms with E-state index in [2.05, 4.69) is 39.3 Å². The van der Waals surface area contributed by atoms with Crippen LogP contribution in [0.3, 0.4) is 0 Å². The van der Waals surface area contributed by atoms with E-state index in [4.69, 9.17) is 21.7 Å². The molecular weight excluding hydrogens is 429 g/mol. The first-order valence-electron chi connectivity index (χ1n) is 9.44. The molecule has 0 aliphatic heterocycles. The lowest BCUT2D eigenvalue weighted by atomic mass is 10.5. The maximum absolute atomic E-state index is 9.55. The molecule has 28 heavy (non-hydrogen) atoms. The normalized spacial score (nSPS) is 11.3. The molecule has 0 radical (unpaired) electrons. The molecule has 0 saturated heterocycles. The molecule has 0 spiro atoms. The van der Waals surface area contributed by atoms with Gasteiger partial charge in [0, 0.05) is 52.9 Å². The van der Waals surface area contributed by atoms with Crippen LogP contribution in [0.5, 0.6) is 0 Å². The summed E-state index contributed by atoms with van der Waals surface area (Å²) in [5, 5.41) is 15.6. The molecule has 0 rings (SSSR count). The number of carboxylic acids is 2. The summed E-state index contributed by atoms with van der Waals surface area (Å²) in [5.74, 6) is 2.37. The number of aliphatic carboxylic acids is 2. The predicted octanol–water partition coefficient (Wildman–Crippen LogP) is 3.74. The van der Waals surface area contributed by atoms with Crippen LogP contribution < -0.4 is 11.5 Å². The Hall–Kier alpha value is -0.266. The van der Waals surface area contributed by atoms with Gasteiger partial charge in [0.25, 0.3) is 0 Å². The lowest BCUT2D eigenvalue weighted by Crippen LogP contribution is -2.20. The van der Waals surface area contributed by atoms with Gasteiger partial charge in [0.2, 0.25) is 0 Å². The molecule has 0 fully saturated rings. The highest BCUT2D eigenvalue weighted by Gasteiger charge is 2.11. The van der Waals surface area contributed by atoms with Crippen LogP contribution in [0.2, 0.25) is 51.4 Å². The molecule has 0 bridgehead atoms. The average molecular weight is 471 g/mol. The first-order valence-corrected chi connectivity index (χ1v) is 19.2. The van der Waals surface area contributed by atoms with Gasteiger partial charge in [0.1, 0.15) is 0 Å². The Labute approximate surface area is 182 Å². The summed E-state index contributed by atoms with van der Waals surface area (Å²) in [6, 6.07) is 2.86. The Bertz CT molecular complexity index is 389. The lowest BCUT2D eigenvalue weighted by molar-refractivity contribution is -0.134. The summed E-state index contributed by atoms with van der Waals surface area (Å²) < 4.78 is 0. The molecule has 0 saturated carbocycles. The van der Waals surface area contributed by atoms with Gasteiger partial charge in [-0.3, -0.25) is 0 Å². The summed E-state index contributed by atoms with van der Waals surface area (Å²) in [6.07, 6.45) is 1.12. The molecule has 0 aliphatic rings. The van der Waals surface area contributed by atoms with Crippen molar-refractivity contribution >= 4 is 51.6 Å². The van der Waals surface area contributed by atoms with Gasteiger partial charge in [-0.25, -0.2) is 9.59 Å². The van der Waals surface area contributed by atoms with Crippen LogP contribution in [0.15, 0.2) is 12.2 Å². The summed E-state index contributed by atoms with van der Waals surface area (Å²) in [6.45, 7) is 16.1. The van der Waals surface area contributed by atoms with Crippen molar-refractivity contribution in [3.05, 3.63) is 12.2 Å². The lowest BCUT2D eigenvalue weighted by Gasteiger charge is -2.14. The van der Waals surface area contributed by atoms with Crippen molar-refractivity contribution < 1.29 is 19.8 Å². The van der Waals surface area contributed by atoms with Crippen molar-refractivity contribution in [2.45, 2.75) is 51.4 Å². The van der Waals surface area contributed by atoms with Gasteiger partial charge in [0.15, 0.2) is 0 Å². The van der Waals surface area contributed by atoms with Crippen LogP contribution in [0, 0.1) is 0 Å². The Morgan fingerprint density at radius 3 is 1.18 bits per heavy atom. The number of rotatable bonds is 12. The number of hydrogen-bond donors (Lipinski definition) is 4. The standard InChI is InChI=1S/2C7H19NSSi.C4H4O4/c2*1-10(2,3)7-6-9-5-4-8;5-3(6)1-2-4(7)8/h2*4-8H2,1-3H3;1-2H,(H,5,6)(H,7,8). The van der Waals surface area contributed by atoms with Gasteiger partial charge in [-0.15, -0.1) is 0 Å². The van der Waals surface area contributed by atoms with Gasteiger partial charge in [-0.2, -0.15) is 23.5 Å².